The minimum atomic E-state index is 0.397. The van der Waals surface area contributed by atoms with Crippen molar-refractivity contribution in [3.05, 3.63) is 77.1 Å². The fourth-order valence-corrected chi connectivity index (χ4v) is 2.45. The summed E-state index contributed by atoms with van der Waals surface area (Å²) in [5.41, 5.74) is 11.2. The minimum Gasteiger partial charge on any atom is -0.325 e. The Kier molecular flexibility index (Phi) is 3.79. The normalized spacial score (nSPS) is 10.8. The molecule has 21 heavy (non-hydrogen) atoms. The van der Waals surface area contributed by atoms with Crippen LogP contribution in [0.15, 0.2) is 54.6 Å². The summed E-state index contributed by atoms with van der Waals surface area (Å²) in [6.45, 7) is 2.47. The van der Waals surface area contributed by atoms with Crippen molar-refractivity contribution in [1.82, 2.24) is 15.0 Å². The molecule has 1 aromatic heterocycles. The van der Waals surface area contributed by atoms with Crippen LogP contribution in [-0.2, 0) is 13.0 Å². The second-order valence-electron chi connectivity index (χ2n) is 5.05. The van der Waals surface area contributed by atoms with Gasteiger partial charge in [0.2, 0.25) is 0 Å². The predicted octanol–water partition coefficient (Wildman–Crippen LogP) is 2.63. The standard InChI is InChI=1S/C17H18N4/c1-13-7-5-6-10-16(13)21-17(15(12-18)19-20-21)11-14-8-3-2-4-9-14/h2-10H,11-12,18H2,1H3. The Labute approximate surface area is 124 Å². The van der Waals surface area contributed by atoms with Gasteiger partial charge in [-0.25, -0.2) is 4.68 Å². The Morgan fingerprint density at radius 1 is 1.00 bits per heavy atom. The molecule has 106 valence electrons. The molecule has 0 atom stereocenters. The Balaban J connectivity index is 2.07. The molecule has 0 spiro atoms. The molecule has 0 fully saturated rings. The highest BCUT2D eigenvalue weighted by molar-refractivity contribution is 5.41. The summed E-state index contributed by atoms with van der Waals surface area (Å²) in [6.07, 6.45) is 0.773. The molecule has 0 amide bonds. The van der Waals surface area contributed by atoms with Gasteiger partial charge >= 0.3 is 0 Å². The van der Waals surface area contributed by atoms with E-state index in [1.807, 2.05) is 35.0 Å². The van der Waals surface area contributed by atoms with Gasteiger partial charge in [-0.3, -0.25) is 0 Å². The zero-order chi connectivity index (χ0) is 14.7. The largest absolute Gasteiger partial charge is 0.325 e. The molecule has 3 rings (SSSR count). The minimum absolute atomic E-state index is 0.397. The van der Waals surface area contributed by atoms with E-state index in [4.69, 9.17) is 5.73 Å². The van der Waals surface area contributed by atoms with Crippen molar-refractivity contribution in [1.29, 1.82) is 0 Å². The van der Waals surface area contributed by atoms with Gasteiger partial charge in [0, 0.05) is 13.0 Å². The van der Waals surface area contributed by atoms with Gasteiger partial charge < -0.3 is 5.73 Å². The SMILES string of the molecule is Cc1ccccc1-n1nnc(CN)c1Cc1ccccc1. The molecular weight excluding hydrogens is 260 g/mol. The lowest BCUT2D eigenvalue weighted by molar-refractivity contribution is 0.768. The molecule has 0 aliphatic carbocycles. The third-order valence-corrected chi connectivity index (χ3v) is 3.60. The lowest BCUT2D eigenvalue weighted by atomic mass is 10.1. The van der Waals surface area contributed by atoms with E-state index in [1.54, 1.807) is 0 Å². The van der Waals surface area contributed by atoms with Crippen molar-refractivity contribution in [2.75, 3.05) is 0 Å². The maximum Gasteiger partial charge on any atom is 0.100 e. The molecule has 4 heteroatoms. The first kappa shape index (κ1) is 13.5. The maximum atomic E-state index is 5.82. The van der Waals surface area contributed by atoms with Gasteiger partial charge in [0.25, 0.3) is 0 Å². The van der Waals surface area contributed by atoms with E-state index in [0.29, 0.717) is 6.54 Å². The first-order valence-electron chi connectivity index (χ1n) is 7.03. The van der Waals surface area contributed by atoms with Crippen LogP contribution in [0.2, 0.25) is 0 Å². The summed E-state index contributed by atoms with van der Waals surface area (Å²) in [6, 6.07) is 18.5. The zero-order valence-electron chi connectivity index (χ0n) is 12.0. The summed E-state index contributed by atoms with van der Waals surface area (Å²) >= 11 is 0. The van der Waals surface area contributed by atoms with Gasteiger partial charge in [0.1, 0.15) is 5.69 Å². The van der Waals surface area contributed by atoms with E-state index < -0.39 is 0 Å². The second kappa shape index (κ2) is 5.89. The predicted molar refractivity (Wildman–Crippen MR) is 83.2 cm³/mol. The number of aryl methyl sites for hydroxylation is 1. The molecule has 0 radical (unpaired) electrons. The van der Waals surface area contributed by atoms with Crippen molar-refractivity contribution < 1.29 is 0 Å². The molecule has 0 saturated carbocycles. The van der Waals surface area contributed by atoms with E-state index >= 15 is 0 Å². The summed E-state index contributed by atoms with van der Waals surface area (Å²) in [4.78, 5) is 0. The summed E-state index contributed by atoms with van der Waals surface area (Å²) in [7, 11) is 0. The van der Waals surface area contributed by atoms with E-state index in [9.17, 15) is 0 Å². The Morgan fingerprint density at radius 3 is 2.43 bits per heavy atom. The second-order valence-corrected chi connectivity index (χ2v) is 5.05. The third-order valence-electron chi connectivity index (χ3n) is 3.60. The molecule has 0 bridgehead atoms. The first-order valence-corrected chi connectivity index (χ1v) is 7.03. The fraction of sp³-hybridized carbons (Fsp3) is 0.176. The van der Waals surface area contributed by atoms with E-state index in [2.05, 4.69) is 41.5 Å². The molecule has 3 aromatic rings. The smallest absolute Gasteiger partial charge is 0.100 e. The molecule has 0 aliphatic rings. The van der Waals surface area contributed by atoms with E-state index in [0.717, 1.165) is 23.5 Å². The van der Waals surface area contributed by atoms with Crippen molar-refractivity contribution in [2.45, 2.75) is 19.9 Å². The number of hydrogen-bond donors (Lipinski definition) is 1. The van der Waals surface area contributed by atoms with Crippen molar-refractivity contribution in [2.24, 2.45) is 5.73 Å². The van der Waals surface area contributed by atoms with E-state index in [-0.39, 0.29) is 0 Å². The van der Waals surface area contributed by atoms with Crippen molar-refractivity contribution in [3.8, 4) is 5.69 Å². The van der Waals surface area contributed by atoms with Crippen molar-refractivity contribution in [3.63, 3.8) is 0 Å². The number of nitrogens with zero attached hydrogens (tertiary/aromatic N) is 3. The third kappa shape index (κ3) is 2.71. The van der Waals surface area contributed by atoms with Gasteiger partial charge in [-0.1, -0.05) is 53.7 Å². The highest BCUT2D eigenvalue weighted by Gasteiger charge is 2.14. The number of para-hydroxylation sites is 1. The quantitative estimate of drug-likeness (QED) is 0.798. The van der Waals surface area contributed by atoms with Gasteiger partial charge in [-0.2, -0.15) is 0 Å². The number of rotatable bonds is 4. The number of hydrogen-bond acceptors (Lipinski definition) is 3. The monoisotopic (exact) mass is 278 g/mol. The van der Waals surface area contributed by atoms with Crippen molar-refractivity contribution >= 4 is 0 Å². The summed E-state index contributed by atoms with van der Waals surface area (Å²) in [5.74, 6) is 0. The van der Waals surface area contributed by atoms with Crippen LogP contribution in [0, 0.1) is 6.92 Å². The number of aromatic nitrogens is 3. The zero-order valence-corrected chi connectivity index (χ0v) is 12.0. The molecular formula is C17H18N4. The molecule has 0 unspecified atom stereocenters. The Morgan fingerprint density at radius 2 is 1.71 bits per heavy atom. The van der Waals surface area contributed by atoms with Gasteiger partial charge in [0.15, 0.2) is 0 Å². The molecule has 1 heterocycles. The molecule has 4 nitrogen and oxygen atoms in total. The van der Waals surface area contributed by atoms with Crippen LogP contribution in [0.3, 0.4) is 0 Å². The van der Waals surface area contributed by atoms with Crippen LogP contribution in [0.5, 0.6) is 0 Å². The van der Waals surface area contributed by atoms with Gasteiger partial charge in [0.05, 0.1) is 11.4 Å². The average molecular weight is 278 g/mol. The molecule has 0 aliphatic heterocycles. The topological polar surface area (TPSA) is 56.7 Å². The average Bonchev–Trinajstić information content (AvgIpc) is 2.91. The highest BCUT2D eigenvalue weighted by atomic mass is 15.4. The first-order chi connectivity index (χ1) is 10.3. The van der Waals surface area contributed by atoms with E-state index in [1.165, 1.54) is 11.1 Å². The summed E-state index contributed by atoms with van der Waals surface area (Å²) < 4.78 is 1.91. The lowest BCUT2D eigenvalue weighted by Crippen LogP contribution is -2.08. The molecule has 0 saturated heterocycles. The van der Waals surface area contributed by atoms with Gasteiger partial charge in [-0.05, 0) is 24.1 Å². The van der Waals surface area contributed by atoms with Crippen LogP contribution >= 0.6 is 0 Å². The maximum absolute atomic E-state index is 5.82. The highest BCUT2D eigenvalue weighted by Crippen LogP contribution is 2.19. The Bertz CT molecular complexity index is 732. The lowest BCUT2D eigenvalue weighted by Gasteiger charge is -2.10. The Hall–Kier alpha value is -2.46. The molecule has 2 aromatic carbocycles. The van der Waals surface area contributed by atoms with Crippen LogP contribution < -0.4 is 5.73 Å². The van der Waals surface area contributed by atoms with Crippen LogP contribution in [0.4, 0.5) is 0 Å². The van der Waals surface area contributed by atoms with Crippen LogP contribution in [0.25, 0.3) is 5.69 Å². The number of nitrogens with two attached hydrogens (primary N) is 1. The van der Waals surface area contributed by atoms with Gasteiger partial charge in [-0.15, -0.1) is 5.10 Å². The molecule has 2 N–H and O–H groups in total. The number of benzene rings is 2. The summed E-state index contributed by atoms with van der Waals surface area (Å²) in [5, 5.41) is 8.54. The van der Waals surface area contributed by atoms with Crippen LogP contribution in [-0.4, -0.2) is 15.0 Å². The fourth-order valence-electron chi connectivity index (χ4n) is 2.45. The van der Waals surface area contributed by atoms with Crippen LogP contribution in [0.1, 0.15) is 22.5 Å².